The van der Waals surface area contributed by atoms with Crippen molar-refractivity contribution in [2.24, 2.45) is 7.05 Å². The Morgan fingerprint density at radius 1 is 1.41 bits per heavy atom. The normalized spacial score (nSPS) is 10.5. The molecule has 2 rings (SSSR count). The van der Waals surface area contributed by atoms with Gasteiger partial charge in [-0.15, -0.1) is 0 Å². The van der Waals surface area contributed by atoms with Crippen molar-refractivity contribution in [3.8, 4) is 0 Å². The van der Waals surface area contributed by atoms with E-state index in [4.69, 9.17) is 0 Å². The fourth-order valence-corrected chi connectivity index (χ4v) is 2.21. The van der Waals surface area contributed by atoms with Crippen LogP contribution in [0.2, 0.25) is 0 Å². The molecule has 0 saturated carbocycles. The van der Waals surface area contributed by atoms with Gasteiger partial charge in [0, 0.05) is 24.1 Å². The largest absolute Gasteiger partial charge is 0.294 e. The van der Waals surface area contributed by atoms with Crippen LogP contribution in [0.3, 0.4) is 0 Å². The first-order chi connectivity index (χ1) is 8.08. The van der Waals surface area contributed by atoms with E-state index in [1.54, 1.807) is 10.9 Å². The molecule has 0 unspecified atom stereocenters. The van der Waals surface area contributed by atoms with E-state index in [2.05, 4.69) is 21.0 Å². The van der Waals surface area contributed by atoms with E-state index < -0.39 is 0 Å². The summed E-state index contributed by atoms with van der Waals surface area (Å²) < 4.78 is 2.64. The highest BCUT2D eigenvalue weighted by molar-refractivity contribution is 9.10. The molecule has 3 nitrogen and oxygen atoms in total. The van der Waals surface area contributed by atoms with E-state index in [-0.39, 0.29) is 5.78 Å². The molecule has 0 saturated heterocycles. The van der Waals surface area contributed by atoms with Crippen molar-refractivity contribution in [3.63, 3.8) is 0 Å². The van der Waals surface area contributed by atoms with Gasteiger partial charge in [0.05, 0.1) is 11.3 Å². The SMILES string of the molecule is Cc1nn(C)cc1C(=O)Cc1ccccc1Br. The van der Waals surface area contributed by atoms with Crippen molar-refractivity contribution in [2.45, 2.75) is 13.3 Å². The number of hydrogen-bond donors (Lipinski definition) is 0. The number of carbonyl (C=O) groups excluding carboxylic acids is 1. The molecule has 1 heterocycles. The Morgan fingerprint density at radius 3 is 2.71 bits per heavy atom. The van der Waals surface area contributed by atoms with E-state index in [0.717, 1.165) is 15.7 Å². The molecule has 0 atom stereocenters. The number of halogens is 1. The number of hydrogen-bond acceptors (Lipinski definition) is 2. The van der Waals surface area contributed by atoms with Crippen LogP contribution in [0, 0.1) is 6.92 Å². The first kappa shape index (κ1) is 12.0. The number of aryl methyl sites for hydroxylation is 2. The van der Waals surface area contributed by atoms with Gasteiger partial charge in [-0.2, -0.15) is 5.10 Å². The molecule has 1 aromatic carbocycles. The zero-order valence-electron chi connectivity index (χ0n) is 9.77. The molecule has 0 aliphatic heterocycles. The van der Waals surface area contributed by atoms with Crippen LogP contribution in [-0.4, -0.2) is 15.6 Å². The van der Waals surface area contributed by atoms with Crippen LogP contribution >= 0.6 is 15.9 Å². The molecule has 0 fully saturated rings. The molecule has 2 aromatic rings. The van der Waals surface area contributed by atoms with Crippen molar-refractivity contribution < 1.29 is 4.79 Å². The zero-order chi connectivity index (χ0) is 12.4. The minimum absolute atomic E-state index is 0.0995. The van der Waals surface area contributed by atoms with Crippen LogP contribution in [0.5, 0.6) is 0 Å². The second kappa shape index (κ2) is 4.84. The third-order valence-electron chi connectivity index (χ3n) is 2.62. The predicted molar refractivity (Wildman–Crippen MR) is 70.1 cm³/mol. The van der Waals surface area contributed by atoms with Gasteiger partial charge in [-0.3, -0.25) is 9.48 Å². The molecular weight excluding hydrogens is 280 g/mol. The lowest BCUT2D eigenvalue weighted by molar-refractivity contribution is 0.0992. The Morgan fingerprint density at radius 2 is 2.12 bits per heavy atom. The van der Waals surface area contributed by atoms with Gasteiger partial charge >= 0.3 is 0 Å². The molecule has 17 heavy (non-hydrogen) atoms. The number of carbonyl (C=O) groups is 1. The maximum absolute atomic E-state index is 12.1. The number of nitrogens with zero attached hydrogens (tertiary/aromatic N) is 2. The summed E-state index contributed by atoms with van der Waals surface area (Å²) in [6.07, 6.45) is 2.17. The number of benzene rings is 1. The molecule has 1 aromatic heterocycles. The van der Waals surface area contributed by atoms with Crippen molar-refractivity contribution in [3.05, 3.63) is 51.8 Å². The molecule has 0 spiro atoms. The summed E-state index contributed by atoms with van der Waals surface area (Å²) in [5, 5.41) is 4.18. The minimum atomic E-state index is 0.0995. The highest BCUT2D eigenvalue weighted by atomic mass is 79.9. The molecule has 0 aliphatic rings. The van der Waals surface area contributed by atoms with Crippen LogP contribution < -0.4 is 0 Å². The lowest BCUT2D eigenvalue weighted by Gasteiger charge is -2.02. The minimum Gasteiger partial charge on any atom is -0.294 e. The van der Waals surface area contributed by atoms with E-state index in [1.807, 2.05) is 38.2 Å². The first-order valence-electron chi connectivity index (χ1n) is 5.35. The van der Waals surface area contributed by atoms with Crippen LogP contribution in [0.25, 0.3) is 0 Å². The number of Topliss-reactive ketones (excluding diaryl/α,β-unsaturated/α-hetero) is 1. The summed E-state index contributed by atoms with van der Waals surface area (Å²) in [5.41, 5.74) is 2.48. The third kappa shape index (κ3) is 2.64. The standard InChI is InChI=1S/C13H13BrN2O/c1-9-11(8-16(2)15-9)13(17)7-10-5-3-4-6-12(10)14/h3-6,8H,7H2,1-2H3. The van der Waals surface area contributed by atoms with Crippen molar-refractivity contribution >= 4 is 21.7 Å². The summed E-state index contributed by atoms with van der Waals surface area (Å²) in [7, 11) is 1.82. The van der Waals surface area contributed by atoms with Crippen LogP contribution in [-0.2, 0) is 13.5 Å². The van der Waals surface area contributed by atoms with Crippen LogP contribution in [0.1, 0.15) is 21.6 Å². The zero-order valence-corrected chi connectivity index (χ0v) is 11.4. The number of ketones is 1. The quantitative estimate of drug-likeness (QED) is 0.816. The molecule has 0 aliphatic carbocycles. The maximum atomic E-state index is 12.1. The second-order valence-corrected chi connectivity index (χ2v) is 4.85. The number of rotatable bonds is 3. The van der Waals surface area contributed by atoms with E-state index >= 15 is 0 Å². The lowest BCUT2D eigenvalue weighted by atomic mass is 10.0. The van der Waals surface area contributed by atoms with Gasteiger partial charge in [-0.1, -0.05) is 34.1 Å². The monoisotopic (exact) mass is 292 g/mol. The summed E-state index contributed by atoms with van der Waals surface area (Å²) >= 11 is 3.45. The molecule has 0 N–H and O–H groups in total. The van der Waals surface area contributed by atoms with Gasteiger partial charge in [0.15, 0.2) is 5.78 Å². The second-order valence-electron chi connectivity index (χ2n) is 3.99. The number of aromatic nitrogens is 2. The average molecular weight is 293 g/mol. The summed E-state index contributed by atoms with van der Waals surface area (Å²) in [4.78, 5) is 12.1. The topological polar surface area (TPSA) is 34.9 Å². The molecular formula is C13H13BrN2O. The van der Waals surface area contributed by atoms with E-state index in [9.17, 15) is 4.79 Å². The lowest BCUT2D eigenvalue weighted by Crippen LogP contribution is -2.04. The Hall–Kier alpha value is -1.42. The summed E-state index contributed by atoms with van der Waals surface area (Å²) in [5.74, 6) is 0.0995. The Bertz CT molecular complexity index is 560. The summed E-state index contributed by atoms with van der Waals surface area (Å²) in [6.45, 7) is 1.85. The molecule has 88 valence electrons. The Kier molecular flexibility index (Phi) is 3.43. The summed E-state index contributed by atoms with van der Waals surface area (Å²) in [6, 6.07) is 7.77. The maximum Gasteiger partial charge on any atom is 0.170 e. The molecule has 4 heteroatoms. The van der Waals surface area contributed by atoms with Gasteiger partial charge in [0.2, 0.25) is 0 Å². The van der Waals surface area contributed by atoms with Gasteiger partial charge in [0.1, 0.15) is 0 Å². The van der Waals surface area contributed by atoms with Gasteiger partial charge < -0.3 is 0 Å². The molecule has 0 bridgehead atoms. The first-order valence-corrected chi connectivity index (χ1v) is 6.14. The average Bonchev–Trinajstić information content (AvgIpc) is 2.61. The van der Waals surface area contributed by atoms with Crippen molar-refractivity contribution in [1.82, 2.24) is 9.78 Å². The van der Waals surface area contributed by atoms with Gasteiger partial charge in [-0.25, -0.2) is 0 Å². The molecule has 0 radical (unpaired) electrons. The third-order valence-corrected chi connectivity index (χ3v) is 3.40. The fourth-order valence-electron chi connectivity index (χ4n) is 1.78. The van der Waals surface area contributed by atoms with Crippen LogP contribution in [0.15, 0.2) is 34.9 Å². The highest BCUT2D eigenvalue weighted by Crippen LogP contribution is 2.18. The van der Waals surface area contributed by atoms with Crippen molar-refractivity contribution in [1.29, 1.82) is 0 Å². The Balaban J connectivity index is 2.23. The Labute approximate surface area is 109 Å². The van der Waals surface area contributed by atoms with Crippen LogP contribution in [0.4, 0.5) is 0 Å². The molecule has 0 amide bonds. The predicted octanol–water partition coefficient (Wildman–Crippen LogP) is 2.92. The van der Waals surface area contributed by atoms with Gasteiger partial charge in [0.25, 0.3) is 0 Å². The van der Waals surface area contributed by atoms with E-state index in [1.165, 1.54) is 0 Å². The van der Waals surface area contributed by atoms with E-state index in [0.29, 0.717) is 12.0 Å². The van der Waals surface area contributed by atoms with Gasteiger partial charge in [-0.05, 0) is 18.6 Å². The smallest absolute Gasteiger partial charge is 0.170 e. The highest BCUT2D eigenvalue weighted by Gasteiger charge is 2.14. The fraction of sp³-hybridized carbons (Fsp3) is 0.231. The van der Waals surface area contributed by atoms with Crippen molar-refractivity contribution in [2.75, 3.05) is 0 Å².